The van der Waals surface area contributed by atoms with E-state index in [0.717, 1.165) is 4.90 Å². The number of rotatable bonds is 3. The van der Waals surface area contributed by atoms with Crippen molar-refractivity contribution in [3.05, 3.63) is 0 Å². The Balaban J connectivity index is 2.07. The van der Waals surface area contributed by atoms with Crippen LogP contribution in [-0.2, 0) is 23.9 Å². The number of nitrogens with one attached hydrogen (secondary N) is 1. The largest absolute Gasteiger partial charge is 0.459 e. The Morgan fingerprint density at radius 1 is 1.41 bits per heavy atom. The molecule has 11 heteroatoms. The van der Waals surface area contributed by atoms with E-state index in [9.17, 15) is 19.2 Å². The molecule has 0 bridgehead atoms. The van der Waals surface area contributed by atoms with Crippen LogP contribution in [0, 0.1) is 0 Å². The molecule has 22 heavy (non-hydrogen) atoms. The van der Waals surface area contributed by atoms with Gasteiger partial charge in [-0.3, -0.25) is 14.4 Å². The van der Waals surface area contributed by atoms with E-state index in [-0.39, 0.29) is 11.7 Å². The molecule has 2 unspecified atom stereocenters. The topological polar surface area (TPSA) is 92.8 Å². The first-order valence-corrected chi connectivity index (χ1v) is 8.27. The number of β-lactam (4-membered cyclic amide) rings is 1. The molecule has 0 aromatic carbocycles. The molecule has 0 radical (unpaired) electrons. The number of esters is 1. The van der Waals surface area contributed by atoms with Gasteiger partial charge in [-0.15, -0.1) is 11.8 Å². The molecule has 3 atom stereocenters. The summed E-state index contributed by atoms with van der Waals surface area (Å²) in [4.78, 5) is 48.1. The lowest BCUT2D eigenvalue weighted by molar-refractivity contribution is -0.168. The second-order valence-electron chi connectivity index (χ2n) is 4.72. The number of nitrogens with zero attached hydrogens (tertiary/aromatic N) is 1. The maximum atomic E-state index is 12.1. The maximum absolute atomic E-state index is 12.1. The van der Waals surface area contributed by atoms with E-state index in [0.29, 0.717) is 0 Å². The number of thioether (sulfide) groups is 1. The summed E-state index contributed by atoms with van der Waals surface area (Å²) < 4.78 is 2.98. The molecule has 0 aliphatic carbocycles. The van der Waals surface area contributed by atoms with Crippen molar-refractivity contribution in [3.63, 3.8) is 0 Å². The van der Waals surface area contributed by atoms with Crippen molar-refractivity contribution in [3.8, 4) is 0 Å². The van der Waals surface area contributed by atoms with Crippen LogP contribution in [-0.4, -0.2) is 62.1 Å². The Labute approximate surface area is 144 Å². The van der Waals surface area contributed by atoms with Crippen molar-refractivity contribution in [2.75, 3.05) is 12.4 Å². The molecule has 2 amide bonds. The summed E-state index contributed by atoms with van der Waals surface area (Å²) in [6, 6.07) is -2.12. The number of ether oxygens (including phenoxy) is 1. The molecule has 2 aliphatic heterocycles. The van der Waals surface area contributed by atoms with Gasteiger partial charge in [-0.1, -0.05) is 34.8 Å². The van der Waals surface area contributed by atoms with Crippen molar-refractivity contribution in [1.82, 2.24) is 10.2 Å². The third-order valence-electron chi connectivity index (χ3n) is 3.02. The van der Waals surface area contributed by atoms with Gasteiger partial charge in [0.2, 0.25) is 15.6 Å². The van der Waals surface area contributed by atoms with Gasteiger partial charge < -0.3 is 15.0 Å². The number of hydrogen-bond acceptors (Lipinski definition) is 6. The van der Waals surface area contributed by atoms with Gasteiger partial charge in [-0.25, -0.2) is 4.79 Å². The number of hydrogen-bond donors (Lipinski definition) is 1. The Hall–Kier alpha value is -0.700. The van der Waals surface area contributed by atoms with Crippen LogP contribution in [0.25, 0.3) is 0 Å². The average molecular weight is 390 g/mol. The first kappa shape index (κ1) is 17.7. The van der Waals surface area contributed by atoms with E-state index in [1.54, 1.807) is 0 Å². The number of alkyl halides is 3. The Bertz CT molecular complexity index is 538. The maximum Gasteiger partial charge on any atom is 0.336 e. The average Bonchev–Trinajstić information content (AvgIpc) is 2.41. The van der Waals surface area contributed by atoms with Gasteiger partial charge in [0.1, 0.15) is 18.0 Å². The van der Waals surface area contributed by atoms with Crippen LogP contribution < -0.4 is 5.32 Å². The number of Topliss-reactive ketones (excluding diaryl/α,β-unsaturated/α-hetero) is 1. The van der Waals surface area contributed by atoms with E-state index in [4.69, 9.17) is 39.5 Å². The molecule has 2 saturated heterocycles. The summed E-state index contributed by atoms with van der Waals surface area (Å²) in [5.41, 5.74) is 0. The second-order valence-corrected chi connectivity index (χ2v) is 8.34. The van der Waals surface area contributed by atoms with Gasteiger partial charge in [0.15, 0.2) is 11.8 Å². The minimum atomic E-state index is -1.81. The quantitative estimate of drug-likeness (QED) is 0.322. The van der Waals surface area contributed by atoms with Crippen LogP contribution in [0.2, 0.25) is 0 Å². The zero-order valence-electron chi connectivity index (χ0n) is 11.2. The summed E-state index contributed by atoms with van der Waals surface area (Å²) in [6.45, 7) is 0.747. The fraction of sp³-hybridized carbons (Fsp3) is 0.636. The molecule has 0 spiro atoms. The van der Waals surface area contributed by atoms with Crippen LogP contribution in [0.5, 0.6) is 0 Å². The first-order chi connectivity index (χ1) is 10.1. The number of amides is 2. The van der Waals surface area contributed by atoms with E-state index in [2.05, 4.69) is 5.32 Å². The molecular formula is C11H11Cl3N2O5S. The number of carbonyl (C=O) groups excluding carboxylic acids is 4. The molecule has 2 aliphatic rings. The van der Waals surface area contributed by atoms with Gasteiger partial charge in [0.25, 0.3) is 0 Å². The monoisotopic (exact) mass is 388 g/mol. The van der Waals surface area contributed by atoms with Crippen LogP contribution in [0.1, 0.15) is 6.92 Å². The fourth-order valence-electron chi connectivity index (χ4n) is 2.17. The smallest absolute Gasteiger partial charge is 0.336 e. The molecule has 122 valence electrons. The third-order valence-corrected chi connectivity index (χ3v) is 4.64. The number of ketones is 1. The Kier molecular flexibility index (Phi) is 5.16. The molecule has 2 heterocycles. The molecule has 2 rings (SSSR count). The highest BCUT2D eigenvalue weighted by Crippen LogP contribution is 2.37. The van der Waals surface area contributed by atoms with Gasteiger partial charge >= 0.3 is 5.97 Å². The third kappa shape index (κ3) is 3.61. The van der Waals surface area contributed by atoms with E-state index >= 15 is 0 Å². The molecule has 0 saturated carbocycles. The molecule has 7 nitrogen and oxygen atoms in total. The van der Waals surface area contributed by atoms with Crippen LogP contribution in [0.3, 0.4) is 0 Å². The SMILES string of the molecule is CC(=O)NC1C(=O)N2C(C(=O)OCC(Cl)(Cl)Cl)C(=O)CS[C@@H]12. The minimum Gasteiger partial charge on any atom is -0.459 e. The highest BCUT2D eigenvalue weighted by Gasteiger charge is 2.58. The zero-order valence-corrected chi connectivity index (χ0v) is 14.3. The van der Waals surface area contributed by atoms with Crippen LogP contribution >= 0.6 is 46.6 Å². The van der Waals surface area contributed by atoms with Crippen LogP contribution in [0.4, 0.5) is 0 Å². The predicted octanol–water partition coefficient (Wildman–Crippen LogP) is 0.257. The zero-order chi connectivity index (χ0) is 16.7. The number of halogens is 3. The predicted molar refractivity (Wildman–Crippen MR) is 80.7 cm³/mol. The summed E-state index contributed by atoms with van der Waals surface area (Å²) in [5.74, 6) is -2.28. The standard InChI is InChI=1S/C11H11Cl3N2O5S/c1-4(17)15-6-8(19)16-7(5(18)2-22-9(6)16)10(20)21-3-11(12,13)14/h6-7,9H,2-3H2,1H3,(H,15,17)/t6?,7?,9-/m0/s1. The minimum absolute atomic E-state index is 0.0259. The lowest BCUT2D eigenvalue weighted by atomic mass is 10.0. The molecule has 2 fully saturated rings. The van der Waals surface area contributed by atoms with Crippen molar-refractivity contribution in [2.45, 2.75) is 28.2 Å². The fourth-order valence-corrected chi connectivity index (χ4v) is 3.59. The van der Waals surface area contributed by atoms with Gasteiger partial charge in [0, 0.05) is 6.92 Å². The number of carbonyl (C=O) groups is 4. The summed E-state index contributed by atoms with van der Waals surface area (Å²) in [5, 5.41) is 1.99. The van der Waals surface area contributed by atoms with Crippen molar-refractivity contribution < 1.29 is 23.9 Å². The Morgan fingerprint density at radius 2 is 2.05 bits per heavy atom. The number of fused-ring (bicyclic) bond motifs is 1. The molecule has 1 N–H and O–H groups in total. The summed E-state index contributed by atoms with van der Waals surface area (Å²) >= 11 is 17.6. The molecular weight excluding hydrogens is 379 g/mol. The highest BCUT2D eigenvalue weighted by atomic mass is 35.6. The first-order valence-electron chi connectivity index (χ1n) is 6.09. The van der Waals surface area contributed by atoms with Gasteiger partial charge in [-0.05, 0) is 0 Å². The summed E-state index contributed by atoms with van der Waals surface area (Å²) in [7, 11) is 0. The van der Waals surface area contributed by atoms with Crippen molar-refractivity contribution in [2.24, 2.45) is 0 Å². The van der Waals surface area contributed by atoms with Crippen molar-refractivity contribution >= 4 is 70.1 Å². The van der Waals surface area contributed by atoms with Gasteiger partial charge in [0.05, 0.1) is 5.75 Å². The van der Waals surface area contributed by atoms with Crippen molar-refractivity contribution in [1.29, 1.82) is 0 Å². The van der Waals surface area contributed by atoms with E-state index in [1.807, 2.05) is 0 Å². The summed E-state index contributed by atoms with van der Waals surface area (Å²) in [6.07, 6.45) is 0. The normalized spacial score (nSPS) is 27.8. The van der Waals surface area contributed by atoms with Crippen LogP contribution in [0.15, 0.2) is 0 Å². The Morgan fingerprint density at radius 3 is 2.59 bits per heavy atom. The molecule has 0 aromatic heterocycles. The van der Waals surface area contributed by atoms with E-state index < -0.39 is 45.5 Å². The van der Waals surface area contributed by atoms with E-state index in [1.165, 1.54) is 18.7 Å². The van der Waals surface area contributed by atoms with Gasteiger partial charge in [-0.2, -0.15) is 0 Å². The second kappa shape index (κ2) is 6.43. The lowest BCUT2D eigenvalue weighted by Gasteiger charge is -2.51. The molecule has 0 aromatic rings. The lowest BCUT2D eigenvalue weighted by Crippen LogP contribution is -2.76. The highest BCUT2D eigenvalue weighted by molar-refractivity contribution is 8.00.